The number of nitrogens with one attached hydrogen (secondary N) is 1. The van der Waals surface area contributed by atoms with Crippen molar-refractivity contribution >= 4 is 0 Å². The topological polar surface area (TPSA) is 30.5 Å². The summed E-state index contributed by atoms with van der Waals surface area (Å²) in [7, 11) is 0. The average molecular weight is 227 g/mol. The van der Waals surface area contributed by atoms with E-state index in [1.54, 1.807) is 0 Å². The van der Waals surface area contributed by atoms with E-state index in [4.69, 9.17) is 9.47 Å². The molecule has 0 aromatic rings. The summed E-state index contributed by atoms with van der Waals surface area (Å²) in [6.07, 6.45) is 2.40. The molecule has 3 nitrogen and oxygen atoms in total. The third kappa shape index (κ3) is 2.58. The van der Waals surface area contributed by atoms with Crippen LogP contribution in [0.3, 0.4) is 0 Å². The van der Waals surface area contributed by atoms with Crippen molar-refractivity contribution in [2.24, 2.45) is 5.92 Å². The van der Waals surface area contributed by atoms with E-state index in [0.29, 0.717) is 12.0 Å². The molecule has 0 aromatic heterocycles. The van der Waals surface area contributed by atoms with E-state index < -0.39 is 0 Å². The summed E-state index contributed by atoms with van der Waals surface area (Å²) in [5.41, 5.74) is -0.0357. The maximum absolute atomic E-state index is 6.34. The first-order valence-electron chi connectivity index (χ1n) is 6.45. The standard InChI is InChI=1S/C13H25NO2/c1-10(2)11-7-13(5-6-15-11)9-14-8-12(3,4)16-13/h10-11,14H,5-9H2,1-4H3. The zero-order valence-electron chi connectivity index (χ0n) is 11.0. The van der Waals surface area contributed by atoms with Gasteiger partial charge in [-0.2, -0.15) is 0 Å². The smallest absolute Gasteiger partial charge is 0.0860 e. The van der Waals surface area contributed by atoms with Gasteiger partial charge in [-0.15, -0.1) is 0 Å². The molecule has 2 fully saturated rings. The molecule has 2 atom stereocenters. The van der Waals surface area contributed by atoms with Crippen LogP contribution >= 0.6 is 0 Å². The van der Waals surface area contributed by atoms with Crippen LogP contribution in [0.4, 0.5) is 0 Å². The molecule has 2 saturated heterocycles. The normalized spacial score (nSPS) is 39.2. The molecule has 2 rings (SSSR count). The Labute approximate surface area is 98.9 Å². The maximum Gasteiger partial charge on any atom is 0.0860 e. The van der Waals surface area contributed by atoms with Crippen LogP contribution in [0.2, 0.25) is 0 Å². The van der Waals surface area contributed by atoms with Crippen LogP contribution in [0.15, 0.2) is 0 Å². The molecule has 0 aromatic carbocycles. The van der Waals surface area contributed by atoms with Crippen LogP contribution < -0.4 is 5.32 Å². The molecule has 2 heterocycles. The van der Waals surface area contributed by atoms with Crippen molar-refractivity contribution in [1.82, 2.24) is 5.32 Å². The fraction of sp³-hybridized carbons (Fsp3) is 1.00. The van der Waals surface area contributed by atoms with Crippen LogP contribution in [-0.4, -0.2) is 37.0 Å². The molecule has 1 N–H and O–H groups in total. The molecule has 1 spiro atoms. The lowest BCUT2D eigenvalue weighted by atomic mass is 9.84. The molecule has 0 aliphatic carbocycles. The molecule has 2 aliphatic rings. The number of morpholine rings is 1. The molecule has 94 valence electrons. The maximum atomic E-state index is 6.34. The highest BCUT2D eigenvalue weighted by Crippen LogP contribution is 2.36. The van der Waals surface area contributed by atoms with Crippen LogP contribution in [0.5, 0.6) is 0 Å². The molecule has 16 heavy (non-hydrogen) atoms. The Morgan fingerprint density at radius 2 is 2.00 bits per heavy atom. The number of rotatable bonds is 1. The second-order valence-electron chi connectivity index (χ2n) is 6.26. The Morgan fingerprint density at radius 3 is 2.62 bits per heavy atom. The molecular weight excluding hydrogens is 202 g/mol. The summed E-state index contributed by atoms with van der Waals surface area (Å²) in [6, 6.07) is 0. The van der Waals surface area contributed by atoms with Gasteiger partial charge in [-0.1, -0.05) is 13.8 Å². The lowest BCUT2D eigenvalue weighted by Crippen LogP contribution is -2.61. The Balaban J connectivity index is 2.06. The first-order chi connectivity index (χ1) is 7.43. The molecule has 2 unspecified atom stereocenters. The Hall–Kier alpha value is -0.120. The summed E-state index contributed by atoms with van der Waals surface area (Å²) in [5, 5.41) is 3.51. The van der Waals surface area contributed by atoms with Gasteiger partial charge in [0.15, 0.2) is 0 Å². The predicted molar refractivity (Wildman–Crippen MR) is 64.6 cm³/mol. The van der Waals surface area contributed by atoms with E-state index in [-0.39, 0.29) is 11.2 Å². The van der Waals surface area contributed by atoms with Crippen molar-refractivity contribution < 1.29 is 9.47 Å². The van der Waals surface area contributed by atoms with Gasteiger partial charge in [-0.05, 0) is 19.8 Å². The highest BCUT2D eigenvalue weighted by Gasteiger charge is 2.45. The van der Waals surface area contributed by atoms with Gasteiger partial charge in [0.25, 0.3) is 0 Å². The minimum Gasteiger partial charge on any atom is -0.378 e. The predicted octanol–water partition coefficient (Wildman–Crippen LogP) is 1.96. The number of hydrogen-bond acceptors (Lipinski definition) is 3. The van der Waals surface area contributed by atoms with E-state index in [1.165, 1.54) is 0 Å². The first-order valence-corrected chi connectivity index (χ1v) is 6.45. The van der Waals surface area contributed by atoms with Crippen molar-refractivity contribution in [3.8, 4) is 0 Å². The molecular formula is C13H25NO2. The summed E-state index contributed by atoms with van der Waals surface area (Å²) in [6.45, 7) is 11.5. The van der Waals surface area contributed by atoms with Crippen molar-refractivity contribution in [2.45, 2.75) is 57.8 Å². The van der Waals surface area contributed by atoms with E-state index in [2.05, 4.69) is 33.0 Å². The highest BCUT2D eigenvalue weighted by atomic mass is 16.5. The fourth-order valence-corrected chi connectivity index (χ4v) is 2.85. The van der Waals surface area contributed by atoms with Crippen LogP contribution in [0, 0.1) is 5.92 Å². The molecule has 0 radical (unpaired) electrons. The zero-order chi connectivity index (χ0) is 11.8. The molecule has 0 amide bonds. The van der Waals surface area contributed by atoms with Crippen molar-refractivity contribution in [3.05, 3.63) is 0 Å². The minimum absolute atomic E-state index is 0.00887. The molecule has 3 heteroatoms. The van der Waals surface area contributed by atoms with Crippen LogP contribution in [-0.2, 0) is 9.47 Å². The number of hydrogen-bond donors (Lipinski definition) is 1. The van der Waals surface area contributed by atoms with E-state index in [9.17, 15) is 0 Å². The van der Waals surface area contributed by atoms with Crippen molar-refractivity contribution in [1.29, 1.82) is 0 Å². The number of ether oxygens (including phenoxy) is 2. The third-order valence-electron chi connectivity index (χ3n) is 3.70. The van der Waals surface area contributed by atoms with E-state index in [1.807, 2.05) is 0 Å². The Kier molecular flexibility index (Phi) is 3.30. The molecule has 0 saturated carbocycles. The van der Waals surface area contributed by atoms with Crippen molar-refractivity contribution in [2.75, 3.05) is 19.7 Å². The Bertz CT molecular complexity index is 248. The van der Waals surface area contributed by atoms with Gasteiger partial charge in [0.2, 0.25) is 0 Å². The van der Waals surface area contributed by atoms with Gasteiger partial charge in [-0.3, -0.25) is 0 Å². The summed E-state index contributed by atoms with van der Waals surface area (Å²) in [4.78, 5) is 0. The average Bonchev–Trinajstić information content (AvgIpc) is 2.15. The molecule has 0 bridgehead atoms. The quantitative estimate of drug-likeness (QED) is 0.743. The summed E-state index contributed by atoms with van der Waals surface area (Å²) >= 11 is 0. The monoisotopic (exact) mass is 227 g/mol. The van der Waals surface area contributed by atoms with Gasteiger partial charge >= 0.3 is 0 Å². The fourth-order valence-electron chi connectivity index (χ4n) is 2.85. The first kappa shape index (κ1) is 12.3. The van der Waals surface area contributed by atoms with Gasteiger partial charge in [-0.25, -0.2) is 0 Å². The lowest BCUT2D eigenvalue weighted by Gasteiger charge is -2.50. The van der Waals surface area contributed by atoms with E-state index in [0.717, 1.165) is 32.5 Å². The van der Waals surface area contributed by atoms with Gasteiger partial charge in [0.05, 0.1) is 17.3 Å². The lowest BCUT2D eigenvalue weighted by molar-refractivity contribution is -0.212. The molecule has 2 aliphatic heterocycles. The minimum atomic E-state index is -0.0445. The zero-order valence-corrected chi connectivity index (χ0v) is 11.0. The van der Waals surface area contributed by atoms with Gasteiger partial charge in [0.1, 0.15) is 0 Å². The Morgan fingerprint density at radius 1 is 1.25 bits per heavy atom. The largest absolute Gasteiger partial charge is 0.378 e. The summed E-state index contributed by atoms with van der Waals surface area (Å²) < 4.78 is 12.2. The summed E-state index contributed by atoms with van der Waals surface area (Å²) in [5.74, 6) is 0.575. The van der Waals surface area contributed by atoms with Crippen LogP contribution in [0.25, 0.3) is 0 Å². The van der Waals surface area contributed by atoms with Crippen molar-refractivity contribution in [3.63, 3.8) is 0 Å². The van der Waals surface area contributed by atoms with Crippen LogP contribution in [0.1, 0.15) is 40.5 Å². The van der Waals surface area contributed by atoms with Gasteiger partial charge < -0.3 is 14.8 Å². The second-order valence-corrected chi connectivity index (χ2v) is 6.26. The highest BCUT2D eigenvalue weighted by molar-refractivity contribution is 4.96. The third-order valence-corrected chi connectivity index (χ3v) is 3.70. The second kappa shape index (κ2) is 4.28. The van der Waals surface area contributed by atoms with Gasteiger partial charge in [0, 0.05) is 32.5 Å². The van der Waals surface area contributed by atoms with E-state index >= 15 is 0 Å². The SMILES string of the molecule is CC(C)C1CC2(CCO1)CNCC(C)(C)O2.